The first kappa shape index (κ1) is 13.1. The third kappa shape index (κ3) is 2.54. The lowest BCUT2D eigenvalue weighted by Gasteiger charge is -2.00. The minimum Gasteiger partial charge on any atom is -0.252 e. The monoisotopic (exact) mass is 313 g/mol. The van der Waals surface area contributed by atoms with Crippen LogP contribution < -0.4 is 0 Å². The number of alkyl halides is 3. The molecular weight excluding hydrogens is 309 g/mol. The summed E-state index contributed by atoms with van der Waals surface area (Å²) in [4.78, 5) is 16.3. The van der Waals surface area contributed by atoms with E-state index in [0.717, 1.165) is 21.6 Å². The highest BCUT2D eigenvalue weighted by Gasteiger charge is 2.34. The van der Waals surface area contributed by atoms with Crippen molar-refractivity contribution >= 4 is 22.7 Å². The summed E-state index contributed by atoms with van der Waals surface area (Å²) in [7, 11) is 0. The van der Waals surface area contributed by atoms with Crippen LogP contribution >= 0.6 is 22.7 Å². The lowest BCUT2D eigenvalue weighted by atomic mass is 10.3. The molecule has 0 spiro atoms. The molecule has 101 valence electrons. The fraction of sp³-hybridized carbons (Fsp3) is 0.0909. The molecule has 4 nitrogen and oxygen atoms in total. The summed E-state index contributed by atoms with van der Waals surface area (Å²) in [6, 6.07) is 1.55. The first-order valence-corrected chi connectivity index (χ1v) is 6.97. The Balaban J connectivity index is 1.99. The Bertz CT molecular complexity index is 721. The van der Waals surface area contributed by atoms with Gasteiger partial charge in [-0.05, 0) is 6.07 Å². The van der Waals surface area contributed by atoms with E-state index in [1.807, 2.05) is 0 Å². The van der Waals surface area contributed by atoms with Gasteiger partial charge >= 0.3 is 6.18 Å². The van der Waals surface area contributed by atoms with Gasteiger partial charge < -0.3 is 0 Å². The number of halogens is 3. The van der Waals surface area contributed by atoms with E-state index < -0.39 is 11.9 Å². The van der Waals surface area contributed by atoms with E-state index in [4.69, 9.17) is 0 Å². The molecule has 0 saturated heterocycles. The Labute approximate surface area is 119 Å². The van der Waals surface area contributed by atoms with Gasteiger partial charge in [0.05, 0.1) is 22.3 Å². The van der Waals surface area contributed by atoms with E-state index in [-0.39, 0.29) is 10.8 Å². The number of hydrogen-bond acceptors (Lipinski definition) is 6. The summed E-state index contributed by atoms with van der Waals surface area (Å²) < 4.78 is 37.5. The molecule has 0 fully saturated rings. The highest BCUT2D eigenvalue weighted by Crippen LogP contribution is 2.33. The average Bonchev–Trinajstić information content (AvgIpc) is 3.10. The molecule has 1 radical (unpaired) electrons. The van der Waals surface area contributed by atoms with Gasteiger partial charge in [-0.15, -0.1) is 22.7 Å². The molecule has 3 heterocycles. The lowest BCUT2D eigenvalue weighted by Crippen LogP contribution is -2.05. The smallest absolute Gasteiger partial charge is 0.252 e. The van der Waals surface area contributed by atoms with Gasteiger partial charge in [-0.2, -0.15) is 13.2 Å². The highest BCUT2D eigenvalue weighted by molar-refractivity contribution is 7.13. The molecule has 0 aromatic carbocycles. The fourth-order valence-corrected chi connectivity index (χ4v) is 2.74. The Hall–Kier alpha value is -1.87. The van der Waals surface area contributed by atoms with Crippen molar-refractivity contribution < 1.29 is 13.2 Å². The van der Waals surface area contributed by atoms with Gasteiger partial charge in [-0.1, -0.05) is 0 Å². The molecule has 20 heavy (non-hydrogen) atoms. The van der Waals surface area contributed by atoms with E-state index >= 15 is 0 Å². The summed E-state index contributed by atoms with van der Waals surface area (Å²) in [6.07, 6.45) is -0.230. The molecule has 0 aliphatic heterocycles. The van der Waals surface area contributed by atoms with Crippen LogP contribution in [0.1, 0.15) is 5.69 Å². The van der Waals surface area contributed by atoms with Gasteiger partial charge in [0.2, 0.25) is 0 Å². The topological polar surface area (TPSA) is 51.6 Å². The summed E-state index contributed by atoms with van der Waals surface area (Å²) in [6.45, 7) is 0. The van der Waals surface area contributed by atoms with E-state index in [9.17, 15) is 13.2 Å². The Morgan fingerprint density at radius 3 is 2.65 bits per heavy atom. The van der Waals surface area contributed by atoms with Crippen molar-refractivity contribution in [1.82, 2.24) is 19.9 Å². The van der Waals surface area contributed by atoms with Crippen LogP contribution in [0.2, 0.25) is 0 Å². The van der Waals surface area contributed by atoms with Crippen molar-refractivity contribution in [2.45, 2.75) is 6.18 Å². The maximum absolute atomic E-state index is 12.5. The summed E-state index contributed by atoms with van der Waals surface area (Å²) in [5.41, 5.74) is 1.26. The minimum atomic E-state index is -4.46. The van der Waals surface area contributed by atoms with Crippen LogP contribution in [0.15, 0.2) is 23.2 Å². The van der Waals surface area contributed by atoms with Crippen LogP contribution in [0.3, 0.4) is 0 Å². The number of aromatic nitrogens is 4. The first-order chi connectivity index (χ1) is 9.54. The van der Waals surface area contributed by atoms with Crippen LogP contribution in [-0.2, 0) is 6.18 Å². The molecule has 0 bridgehead atoms. The van der Waals surface area contributed by atoms with Crippen molar-refractivity contribution in [3.63, 3.8) is 0 Å². The molecule has 0 amide bonds. The quantitative estimate of drug-likeness (QED) is 0.726. The standard InChI is InChI=1S/C11H4F3N4S2/c12-11(13,14)8-4-19-10(18-8)9-16-2-1-6(17-9)7-3-15-5-20-7/h1,3-5H. The molecule has 0 aliphatic rings. The van der Waals surface area contributed by atoms with Gasteiger partial charge in [0, 0.05) is 11.6 Å². The predicted molar refractivity (Wildman–Crippen MR) is 68.1 cm³/mol. The molecule has 3 rings (SSSR count). The number of nitrogens with zero attached hydrogens (tertiary/aromatic N) is 4. The van der Waals surface area contributed by atoms with E-state index in [1.165, 1.54) is 11.3 Å². The van der Waals surface area contributed by atoms with Crippen LogP contribution in [0.5, 0.6) is 0 Å². The normalized spacial score (nSPS) is 11.8. The van der Waals surface area contributed by atoms with Crippen LogP contribution in [0.25, 0.3) is 21.4 Å². The second-order valence-corrected chi connectivity index (χ2v) is 5.35. The molecule has 0 unspecified atom stereocenters. The van der Waals surface area contributed by atoms with Gasteiger partial charge in [0.25, 0.3) is 0 Å². The predicted octanol–water partition coefficient (Wildman–Crippen LogP) is 3.54. The minimum absolute atomic E-state index is 0.111. The SMILES string of the molecule is FC(F)(F)c1csc(-c2n[c]cc(-c3cncs3)n2)n1. The number of thiazole rings is 2. The van der Waals surface area contributed by atoms with Gasteiger partial charge in [0.1, 0.15) is 0 Å². The number of rotatable bonds is 2. The molecule has 3 aromatic rings. The van der Waals surface area contributed by atoms with E-state index in [0.29, 0.717) is 5.69 Å². The Morgan fingerprint density at radius 1 is 1.15 bits per heavy atom. The summed E-state index contributed by atoms with van der Waals surface area (Å²) >= 11 is 2.22. The van der Waals surface area contributed by atoms with Gasteiger partial charge in [-0.25, -0.2) is 15.0 Å². The summed E-state index contributed by atoms with van der Waals surface area (Å²) in [5, 5.41) is 1.05. The summed E-state index contributed by atoms with van der Waals surface area (Å²) in [5.74, 6) is 0.122. The Kier molecular flexibility index (Phi) is 3.22. The van der Waals surface area contributed by atoms with Crippen molar-refractivity contribution in [2.24, 2.45) is 0 Å². The maximum Gasteiger partial charge on any atom is 0.434 e. The molecule has 0 saturated carbocycles. The second-order valence-electron chi connectivity index (χ2n) is 3.61. The van der Waals surface area contributed by atoms with Gasteiger partial charge in [0.15, 0.2) is 16.5 Å². The molecule has 3 aromatic heterocycles. The van der Waals surface area contributed by atoms with E-state index in [1.54, 1.807) is 17.8 Å². The number of hydrogen-bond donors (Lipinski definition) is 0. The zero-order chi connectivity index (χ0) is 14.2. The Morgan fingerprint density at radius 2 is 2.00 bits per heavy atom. The average molecular weight is 313 g/mol. The molecular formula is C11H4F3N4S2. The van der Waals surface area contributed by atoms with Crippen LogP contribution in [-0.4, -0.2) is 19.9 Å². The zero-order valence-electron chi connectivity index (χ0n) is 9.55. The maximum atomic E-state index is 12.5. The van der Waals surface area contributed by atoms with Crippen molar-refractivity contribution in [1.29, 1.82) is 0 Å². The third-order valence-electron chi connectivity index (χ3n) is 2.27. The molecule has 0 N–H and O–H groups in total. The van der Waals surface area contributed by atoms with Crippen molar-refractivity contribution in [3.8, 4) is 21.4 Å². The lowest BCUT2D eigenvalue weighted by molar-refractivity contribution is -0.140. The highest BCUT2D eigenvalue weighted by atomic mass is 32.1. The van der Waals surface area contributed by atoms with Crippen molar-refractivity contribution in [3.05, 3.63) is 35.0 Å². The zero-order valence-corrected chi connectivity index (χ0v) is 11.2. The van der Waals surface area contributed by atoms with E-state index in [2.05, 4.69) is 26.1 Å². The largest absolute Gasteiger partial charge is 0.434 e. The molecule has 0 atom stereocenters. The fourth-order valence-electron chi connectivity index (χ4n) is 1.40. The molecule has 0 aliphatic carbocycles. The first-order valence-electron chi connectivity index (χ1n) is 5.21. The third-order valence-corrected chi connectivity index (χ3v) is 3.90. The van der Waals surface area contributed by atoms with Crippen LogP contribution in [0.4, 0.5) is 13.2 Å². The van der Waals surface area contributed by atoms with Crippen LogP contribution in [0, 0.1) is 6.20 Å². The second kappa shape index (κ2) is 4.91. The van der Waals surface area contributed by atoms with Crippen molar-refractivity contribution in [2.75, 3.05) is 0 Å². The molecule has 9 heteroatoms. The van der Waals surface area contributed by atoms with Gasteiger partial charge in [-0.3, -0.25) is 4.98 Å².